The zero-order chi connectivity index (χ0) is 12.4. The number of nitro groups is 1. The van der Waals surface area contributed by atoms with Crippen LogP contribution in [0.3, 0.4) is 0 Å². The summed E-state index contributed by atoms with van der Waals surface area (Å²) in [6, 6.07) is 7.42. The first-order valence-electron chi connectivity index (χ1n) is 4.89. The van der Waals surface area contributed by atoms with Crippen molar-refractivity contribution >= 4 is 5.69 Å². The third kappa shape index (κ3) is 2.20. The van der Waals surface area contributed by atoms with Gasteiger partial charge in [0.25, 0.3) is 11.2 Å². The zero-order valence-corrected chi connectivity index (χ0v) is 9.01. The fourth-order valence-corrected chi connectivity index (χ4v) is 1.52. The van der Waals surface area contributed by atoms with Crippen molar-refractivity contribution in [3.8, 4) is 11.1 Å². The molecule has 2 aromatic rings. The van der Waals surface area contributed by atoms with Gasteiger partial charge in [-0.3, -0.25) is 14.9 Å². The Morgan fingerprint density at radius 1 is 1.29 bits per heavy atom. The third-order valence-corrected chi connectivity index (χ3v) is 2.39. The van der Waals surface area contributed by atoms with Gasteiger partial charge in [-0.2, -0.15) is 5.10 Å². The molecule has 6 heteroatoms. The van der Waals surface area contributed by atoms with Crippen LogP contribution >= 0.6 is 0 Å². The van der Waals surface area contributed by atoms with Crippen LogP contribution in [0.4, 0.5) is 5.69 Å². The molecule has 2 rings (SSSR count). The number of aromatic nitrogens is 2. The number of nitro benzene ring substituents is 1. The van der Waals surface area contributed by atoms with E-state index in [1.807, 2.05) is 0 Å². The number of nitrogens with zero attached hydrogens (tertiary/aromatic N) is 2. The number of rotatable bonds is 2. The lowest BCUT2D eigenvalue weighted by molar-refractivity contribution is -0.384. The van der Waals surface area contributed by atoms with Crippen molar-refractivity contribution in [2.24, 2.45) is 0 Å². The molecule has 0 saturated heterocycles. The summed E-state index contributed by atoms with van der Waals surface area (Å²) in [5, 5.41) is 16.7. The third-order valence-electron chi connectivity index (χ3n) is 2.39. The highest BCUT2D eigenvalue weighted by atomic mass is 16.6. The van der Waals surface area contributed by atoms with E-state index in [2.05, 4.69) is 10.2 Å². The van der Waals surface area contributed by atoms with Gasteiger partial charge in [0, 0.05) is 23.8 Å². The van der Waals surface area contributed by atoms with Gasteiger partial charge >= 0.3 is 0 Å². The van der Waals surface area contributed by atoms with E-state index >= 15 is 0 Å². The number of hydrogen-bond acceptors (Lipinski definition) is 4. The predicted octanol–water partition coefficient (Wildman–Crippen LogP) is 1.65. The molecular weight excluding hydrogens is 222 g/mol. The first kappa shape index (κ1) is 11.0. The molecule has 0 aliphatic heterocycles. The van der Waals surface area contributed by atoms with Gasteiger partial charge in [-0.05, 0) is 24.6 Å². The minimum absolute atomic E-state index is 0.0178. The van der Waals surface area contributed by atoms with Crippen LogP contribution < -0.4 is 5.56 Å². The van der Waals surface area contributed by atoms with Crippen LogP contribution in [0.15, 0.2) is 35.1 Å². The molecule has 0 atom stereocenters. The van der Waals surface area contributed by atoms with E-state index in [-0.39, 0.29) is 11.2 Å². The quantitative estimate of drug-likeness (QED) is 0.628. The maximum atomic E-state index is 11.2. The molecule has 6 nitrogen and oxygen atoms in total. The van der Waals surface area contributed by atoms with Crippen LogP contribution in [0, 0.1) is 17.0 Å². The van der Waals surface area contributed by atoms with Gasteiger partial charge in [0.05, 0.1) is 10.6 Å². The highest BCUT2D eigenvalue weighted by molar-refractivity contribution is 5.66. The summed E-state index contributed by atoms with van der Waals surface area (Å²) in [5.41, 5.74) is 1.78. The topological polar surface area (TPSA) is 88.9 Å². The van der Waals surface area contributed by atoms with Gasteiger partial charge in [-0.15, -0.1) is 0 Å². The zero-order valence-electron chi connectivity index (χ0n) is 9.01. The molecule has 0 saturated carbocycles. The van der Waals surface area contributed by atoms with Crippen LogP contribution in [0.1, 0.15) is 5.69 Å². The van der Waals surface area contributed by atoms with E-state index in [0.717, 1.165) is 5.56 Å². The Kier molecular flexibility index (Phi) is 2.70. The number of H-pyrrole nitrogens is 1. The summed E-state index contributed by atoms with van der Waals surface area (Å²) in [6.45, 7) is 1.76. The monoisotopic (exact) mass is 231 g/mol. The second-order valence-corrected chi connectivity index (χ2v) is 3.54. The van der Waals surface area contributed by atoms with Gasteiger partial charge in [0.1, 0.15) is 0 Å². The maximum absolute atomic E-state index is 11.2. The van der Waals surface area contributed by atoms with Gasteiger partial charge in [0.2, 0.25) is 0 Å². The van der Waals surface area contributed by atoms with Crippen molar-refractivity contribution in [2.75, 3.05) is 0 Å². The van der Waals surface area contributed by atoms with Crippen LogP contribution in [-0.2, 0) is 0 Å². The summed E-state index contributed by atoms with van der Waals surface area (Å²) < 4.78 is 0. The summed E-state index contributed by atoms with van der Waals surface area (Å²) in [7, 11) is 0. The van der Waals surface area contributed by atoms with Crippen LogP contribution in [0.2, 0.25) is 0 Å². The van der Waals surface area contributed by atoms with Crippen LogP contribution in [0.25, 0.3) is 11.1 Å². The lowest BCUT2D eigenvalue weighted by atomic mass is 10.1. The van der Waals surface area contributed by atoms with Gasteiger partial charge in [0.15, 0.2) is 0 Å². The molecule has 0 aliphatic rings. The van der Waals surface area contributed by atoms with Gasteiger partial charge < -0.3 is 0 Å². The molecule has 1 N–H and O–H groups in total. The summed E-state index contributed by atoms with van der Waals surface area (Å²) in [4.78, 5) is 21.2. The minimum Gasteiger partial charge on any atom is -0.268 e. The van der Waals surface area contributed by atoms with Crippen molar-refractivity contribution in [1.82, 2.24) is 10.2 Å². The largest absolute Gasteiger partial charge is 0.269 e. The Hall–Kier alpha value is -2.50. The predicted molar refractivity (Wildman–Crippen MR) is 61.7 cm³/mol. The van der Waals surface area contributed by atoms with Gasteiger partial charge in [-0.25, -0.2) is 5.10 Å². The lowest BCUT2D eigenvalue weighted by Crippen LogP contribution is -2.08. The average molecular weight is 231 g/mol. The number of nitrogens with one attached hydrogen (secondary N) is 1. The van der Waals surface area contributed by atoms with Crippen LogP contribution in [0.5, 0.6) is 0 Å². The molecular formula is C11H9N3O3. The summed E-state index contributed by atoms with van der Waals surface area (Å²) >= 11 is 0. The SMILES string of the molecule is Cc1n[nH]c(=O)cc1-c1ccc([N+](=O)[O-])cc1. The Morgan fingerprint density at radius 3 is 2.53 bits per heavy atom. The number of aryl methyl sites for hydroxylation is 1. The highest BCUT2D eigenvalue weighted by Gasteiger charge is 2.07. The van der Waals surface area contributed by atoms with Crippen molar-refractivity contribution in [3.63, 3.8) is 0 Å². The Labute approximate surface area is 96.1 Å². The Balaban J connectivity index is 2.50. The Morgan fingerprint density at radius 2 is 1.94 bits per heavy atom. The highest BCUT2D eigenvalue weighted by Crippen LogP contribution is 2.22. The number of non-ortho nitro benzene ring substituents is 1. The van der Waals surface area contributed by atoms with Crippen molar-refractivity contribution in [1.29, 1.82) is 0 Å². The summed E-state index contributed by atoms with van der Waals surface area (Å²) in [5.74, 6) is 0. The molecule has 0 spiro atoms. The molecule has 17 heavy (non-hydrogen) atoms. The van der Waals surface area contributed by atoms with Crippen molar-refractivity contribution in [2.45, 2.75) is 6.92 Å². The average Bonchev–Trinajstić information content (AvgIpc) is 2.32. The molecule has 1 heterocycles. The Bertz CT molecular complexity index is 617. The number of benzene rings is 1. The molecule has 0 amide bonds. The smallest absolute Gasteiger partial charge is 0.268 e. The molecule has 0 radical (unpaired) electrons. The molecule has 1 aromatic heterocycles. The van der Waals surface area contributed by atoms with E-state index in [1.165, 1.54) is 18.2 Å². The fourth-order valence-electron chi connectivity index (χ4n) is 1.52. The molecule has 1 aromatic carbocycles. The van der Waals surface area contributed by atoms with E-state index in [1.54, 1.807) is 19.1 Å². The fraction of sp³-hybridized carbons (Fsp3) is 0.0909. The van der Waals surface area contributed by atoms with Crippen LogP contribution in [-0.4, -0.2) is 15.1 Å². The van der Waals surface area contributed by atoms with E-state index in [4.69, 9.17) is 0 Å². The molecule has 0 bridgehead atoms. The first-order valence-corrected chi connectivity index (χ1v) is 4.89. The van der Waals surface area contributed by atoms with Gasteiger partial charge in [-0.1, -0.05) is 0 Å². The lowest BCUT2D eigenvalue weighted by Gasteiger charge is -2.03. The standard InChI is InChI=1S/C11H9N3O3/c1-7-10(6-11(15)13-12-7)8-2-4-9(5-3-8)14(16)17/h2-6H,1H3,(H,13,15). The second-order valence-electron chi connectivity index (χ2n) is 3.54. The van der Waals surface area contributed by atoms with Crippen molar-refractivity contribution in [3.05, 3.63) is 56.5 Å². The van der Waals surface area contributed by atoms with E-state index < -0.39 is 4.92 Å². The maximum Gasteiger partial charge on any atom is 0.269 e. The normalized spacial score (nSPS) is 10.2. The molecule has 0 unspecified atom stereocenters. The molecule has 0 fully saturated rings. The van der Waals surface area contributed by atoms with E-state index in [9.17, 15) is 14.9 Å². The number of hydrogen-bond donors (Lipinski definition) is 1. The number of aromatic amines is 1. The first-order chi connectivity index (χ1) is 8.08. The molecule has 86 valence electrons. The second kappa shape index (κ2) is 4.17. The van der Waals surface area contributed by atoms with Crippen molar-refractivity contribution < 1.29 is 4.92 Å². The minimum atomic E-state index is -0.466. The summed E-state index contributed by atoms with van der Waals surface area (Å²) in [6.07, 6.45) is 0. The molecule has 0 aliphatic carbocycles. The van der Waals surface area contributed by atoms with E-state index in [0.29, 0.717) is 11.3 Å².